The fourth-order valence-electron chi connectivity index (χ4n) is 5.93. The summed E-state index contributed by atoms with van der Waals surface area (Å²) < 4.78 is 0. The van der Waals surface area contributed by atoms with Gasteiger partial charge >= 0.3 is 0 Å². The van der Waals surface area contributed by atoms with Crippen LogP contribution in [0.25, 0.3) is 0 Å². The third-order valence-electron chi connectivity index (χ3n) is 6.66. The molecule has 0 aromatic rings. The highest BCUT2D eigenvalue weighted by atomic mass is 32.2. The predicted octanol–water partition coefficient (Wildman–Crippen LogP) is 4.07. The smallest absolute Gasteiger partial charge is 0.0127 e. The molecule has 5 aliphatic carbocycles. The predicted molar refractivity (Wildman–Crippen MR) is 83.5 cm³/mol. The molecule has 0 radical (unpaired) electrons. The highest BCUT2D eigenvalue weighted by molar-refractivity contribution is 7.99. The minimum Gasteiger partial charge on any atom is -0.311 e. The standard InChI is InChI=1S/C17H29NS/c1-19-16-4-2-15(3-5-16)18-17-13-7-11-6-12(9-13)10-14(17)8-11/h11-18H,2-10H2,1H3. The van der Waals surface area contributed by atoms with Crippen molar-refractivity contribution in [3.8, 4) is 0 Å². The second-order valence-corrected chi connectivity index (χ2v) is 8.97. The van der Waals surface area contributed by atoms with Gasteiger partial charge in [0.25, 0.3) is 0 Å². The molecule has 5 saturated carbocycles. The summed E-state index contributed by atoms with van der Waals surface area (Å²) in [7, 11) is 0. The quantitative estimate of drug-likeness (QED) is 0.835. The molecule has 0 heterocycles. The van der Waals surface area contributed by atoms with E-state index in [0.717, 1.165) is 41.0 Å². The van der Waals surface area contributed by atoms with E-state index in [0.29, 0.717) is 0 Å². The van der Waals surface area contributed by atoms with Crippen LogP contribution in [0.3, 0.4) is 0 Å². The maximum absolute atomic E-state index is 4.14. The molecular formula is C17H29NS. The SMILES string of the molecule is CSC1CCC(NC2C3CC4CC(C3)CC2C4)CC1. The van der Waals surface area contributed by atoms with Crippen molar-refractivity contribution >= 4 is 11.8 Å². The maximum atomic E-state index is 4.14. The molecule has 5 fully saturated rings. The van der Waals surface area contributed by atoms with Crippen LogP contribution in [-0.2, 0) is 0 Å². The maximum Gasteiger partial charge on any atom is 0.0127 e. The molecule has 5 aliphatic rings. The van der Waals surface area contributed by atoms with Crippen molar-refractivity contribution in [2.75, 3.05) is 6.26 Å². The van der Waals surface area contributed by atoms with Crippen molar-refractivity contribution < 1.29 is 0 Å². The van der Waals surface area contributed by atoms with Crippen molar-refractivity contribution in [3.05, 3.63) is 0 Å². The van der Waals surface area contributed by atoms with Gasteiger partial charge in [0.05, 0.1) is 0 Å². The monoisotopic (exact) mass is 279 g/mol. The summed E-state index contributed by atoms with van der Waals surface area (Å²) in [6.45, 7) is 0. The van der Waals surface area contributed by atoms with Crippen LogP contribution >= 0.6 is 11.8 Å². The Morgan fingerprint density at radius 1 is 0.789 bits per heavy atom. The zero-order valence-corrected chi connectivity index (χ0v) is 13.1. The van der Waals surface area contributed by atoms with Crippen LogP contribution < -0.4 is 5.32 Å². The lowest BCUT2D eigenvalue weighted by atomic mass is 9.54. The highest BCUT2D eigenvalue weighted by Gasteiger charge is 2.48. The van der Waals surface area contributed by atoms with Gasteiger partial charge < -0.3 is 5.32 Å². The number of rotatable bonds is 3. The molecule has 1 nitrogen and oxygen atoms in total. The molecule has 5 rings (SSSR count). The first kappa shape index (κ1) is 13.0. The molecule has 0 spiro atoms. The molecule has 0 unspecified atom stereocenters. The zero-order chi connectivity index (χ0) is 12.8. The van der Waals surface area contributed by atoms with Crippen molar-refractivity contribution in [1.82, 2.24) is 5.32 Å². The van der Waals surface area contributed by atoms with Gasteiger partial charge in [0.15, 0.2) is 0 Å². The molecule has 4 bridgehead atoms. The fourth-order valence-corrected chi connectivity index (χ4v) is 6.68. The molecule has 2 heteroatoms. The van der Waals surface area contributed by atoms with E-state index < -0.39 is 0 Å². The summed E-state index contributed by atoms with van der Waals surface area (Å²) >= 11 is 2.09. The third-order valence-corrected chi connectivity index (χ3v) is 7.80. The first-order valence-electron chi connectivity index (χ1n) is 8.60. The average molecular weight is 279 g/mol. The van der Waals surface area contributed by atoms with Gasteiger partial charge in [-0.1, -0.05) is 0 Å². The zero-order valence-electron chi connectivity index (χ0n) is 12.3. The Labute approximate surface area is 122 Å². The van der Waals surface area contributed by atoms with E-state index in [2.05, 4.69) is 23.3 Å². The second kappa shape index (κ2) is 5.26. The van der Waals surface area contributed by atoms with E-state index in [9.17, 15) is 0 Å². The Hall–Kier alpha value is 0.310. The highest BCUT2D eigenvalue weighted by Crippen LogP contribution is 2.53. The van der Waals surface area contributed by atoms with Crippen LogP contribution in [0.5, 0.6) is 0 Å². The topological polar surface area (TPSA) is 12.0 Å². The van der Waals surface area contributed by atoms with Gasteiger partial charge in [-0.2, -0.15) is 11.8 Å². The van der Waals surface area contributed by atoms with Crippen LogP contribution in [0.15, 0.2) is 0 Å². The van der Waals surface area contributed by atoms with Gasteiger partial charge in [0.2, 0.25) is 0 Å². The van der Waals surface area contributed by atoms with Crippen LogP contribution in [0, 0.1) is 23.7 Å². The molecule has 0 atom stereocenters. The first-order chi connectivity index (χ1) is 9.31. The summed E-state index contributed by atoms with van der Waals surface area (Å²) in [4.78, 5) is 0. The number of hydrogen-bond acceptors (Lipinski definition) is 2. The lowest BCUT2D eigenvalue weighted by Gasteiger charge is -2.55. The Balaban J connectivity index is 1.36. The summed E-state index contributed by atoms with van der Waals surface area (Å²) in [5.74, 6) is 4.34. The minimum atomic E-state index is 0.853. The molecule has 1 N–H and O–H groups in total. The normalized spacial score (nSPS) is 52.6. The van der Waals surface area contributed by atoms with Crippen molar-refractivity contribution in [1.29, 1.82) is 0 Å². The van der Waals surface area contributed by atoms with Crippen molar-refractivity contribution in [3.63, 3.8) is 0 Å². The molecule has 0 saturated heterocycles. The number of thioether (sulfide) groups is 1. The Bertz CT molecular complexity index is 293. The van der Waals surface area contributed by atoms with Gasteiger partial charge in [-0.05, 0) is 87.7 Å². The summed E-state index contributed by atoms with van der Waals surface area (Å²) in [5, 5.41) is 5.09. The molecule has 0 aliphatic heterocycles. The van der Waals surface area contributed by atoms with Crippen LogP contribution in [-0.4, -0.2) is 23.6 Å². The van der Waals surface area contributed by atoms with Crippen molar-refractivity contribution in [2.24, 2.45) is 23.7 Å². The Kier molecular flexibility index (Phi) is 3.60. The third kappa shape index (κ3) is 2.48. The summed E-state index contributed by atoms with van der Waals surface area (Å²) in [6.07, 6.45) is 15.9. The number of hydrogen-bond donors (Lipinski definition) is 1. The van der Waals surface area contributed by atoms with E-state index in [1.165, 1.54) is 25.7 Å². The average Bonchev–Trinajstić information content (AvgIpc) is 2.43. The molecule has 0 amide bonds. The van der Waals surface area contributed by atoms with E-state index in [-0.39, 0.29) is 0 Å². The fraction of sp³-hybridized carbons (Fsp3) is 1.00. The van der Waals surface area contributed by atoms with Gasteiger partial charge in [0.1, 0.15) is 0 Å². The van der Waals surface area contributed by atoms with E-state index >= 15 is 0 Å². The number of nitrogens with one attached hydrogen (secondary N) is 1. The molecule has 0 aromatic heterocycles. The van der Waals surface area contributed by atoms with Gasteiger partial charge in [-0.3, -0.25) is 0 Å². The first-order valence-corrected chi connectivity index (χ1v) is 9.89. The lowest BCUT2D eigenvalue weighted by molar-refractivity contribution is -0.0191. The molecular weight excluding hydrogens is 250 g/mol. The van der Waals surface area contributed by atoms with Gasteiger partial charge in [-0.15, -0.1) is 0 Å². The van der Waals surface area contributed by atoms with Crippen LogP contribution in [0.4, 0.5) is 0 Å². The molecule has 0 aromatic carbocycles. The Morgan fingerprint density at radius 3 is 1.89 bits per heavy atom. The van der Waals surface area contributed by atoms with Gasteiger partial charge in [-0.25, -0.2) is 0 Å². The minimum absolute atomic E-state index is 0.853. The molecule has 19 heavy (non-hydrogen) atoms. The lowest BCUT2D eigenvalue weighted by Crippen LogP contribution is -2.57. The largest absolute Gasteiger partial charge is 0.311 e. The van der Waals surface area contributed by atoms with Gasteiger partial charge in [0, 0.05) is 17.3 Å². The van der Waals surface area contributed by atoms with Crippen molar-refractivity contribution in [2.45, 2.75) is 75.1 Å². The van der Waals surface area contributed by atoms with E-state index in [1.54, 1.807) is 32.1 Å². The summed E-state index contributed by atoms with van der Waals surface area (Å²) in [6, 6.07) is 1.76. The van der Waals surface area contributed by atoms with E-state index in [1.807, 2.05) is 0 Å². The van der Waals surface area contributed by atoms with Crippen LogP contribution in [0.1, 0.15) is 57.8 Å². The Morgan fingerprint density at radius 2 is 1.37 bits per heavy atom. The second-order valence-electron chi connectivity index (χ2n) is 7.83. The van der Waals surface area contributed by atoms with E-state index in [4.69, 9.17) is 0 Å². The van der Waals surface area contributed by atoms with Crippen LogP contribution in [0.2, 0.25) is 0 Å². The summed E-state index contributed by atoms with van der Waals surface area (Å²) in [5.41, 5.74) is 0. The molecule has 108 valence electrons.